The Labute approximate surface area is 157 Å². The highest BCUT2D eigenvalue weighted by atomic mass is 35.5. The van der Waals surface area contributed by atoms with E-state index in [-0.39, 0.29) is 17.3 Å². The topological polar surface area (TPSA) is 75.7 Å². The van der Waals surface area contributed by atoms with Gasteiger partial charge in [-0.3, -0.25) is 4.79 Å². The third kappa shape index (κ3) is 4.00. The van der Waals surface area contributed by atoms with Crippen molar-refractivity contribution in [1.82, 2.24) is 4.72 Å². The number of rotatable bonds is 6. The van der Waals surface area contributed by atoms with Crippen LogP contribution >= 0.6 is 11.6 Å². The van der Waals surface area contributed by atoms with Gasteiger partial charge in [0.1, 0.15) is 5.75 Å². The minimum atomic E-state index is -3.74. The third-order valence-electron chi connectivity index (χ3n) is 4.20. The molecule has 1 fully saturated rings. The Hall–Kier alpha value is -2.09. The first kappa shape index (κ1) is 18.7. The van der Waals surface area contributed by atoms with Crippen molar-refractivity contribution in [2.75, 3.05) is 18.6 Å². The largest absolute Gasteiger partial charge is 0.495 e. The van der Waals surface area contributed by atoms with Crippen molar-refractivity contribution in [3.05, 3.63) is 53.1 Å². The van der Waals surface area contributed by atoms with Crippen LogP contribution in [0.15, 0.2) is 47.4 Å². The van der Waals surface area contributed by atoms with E-state index in [0.717, 1.165) is 12.0 Å². The highest BCUT2D eigenvalue weighted by Gasteiger charge is 2.26. The minimum absolute atomic E-state index is 0.0352. The number of halogens is 1. The lowest BCUT2D eigenvalue weighted by atomic mass is 10.2. The smallest absolute Gasteiger partial charge is 0.240 e. The number of methoxy groups -OCH3 is 1. The van der Waals surface area contributed by atoms with Gasteiger partial charge in [0.25, 0.3) is 0 Å². The number of carbonyl (C=O) groups is 1. The maximum Gasteiger partial charge on any atom is 0.240 e. The van der Waals surface area contributed by atoms with Gasteiger partial charge in [0.15, 0.2) is 0 Å². The predicted octanol–water partition coefficient (Wildman–Crippen LogP) is 2.95. The lowest BCUT2D eigenvalue weighted by molar-refractivity contribution is -0.117. The minimum Gasteiger partial charge on any atom is -0.495 e. The van der Waals surface area contributed by atoms with Crippen molar-refractivity contribution in [1.29, 1.82) is 0 Å². The Bertz CT molecular complexity index is 913. The predicted molar refractivity (Wildman–Crippen MR) is 100 cm³/mol. The summed E-state index contributed by atoms with van der Waals surface area (Å²) in [6, 6.07) is 11.4. The second-order valence-electron chi connectivity index (χ2n) is 5.93. The summed E-state index contributed by atoms with van der Waals surface area (Å²) in [4.78, 5) is 13.7. The summed E-state index contributed by atoms with van der Waals surface area (Å²) >= 11 is 5.83. The van der Waals surface area contributed by atoms with Gasteiger partial charge >= 0.3 is 0 Å². The van der Waals surface area contributed by atoms with Crippen LogP contribution in [-0.4, -0.2) is 28.0 Å². The highest BCUT2D eigenvalue weighted by Crippen LogP contribution is 2.33. The van der Waals surface area contributed by atoms with E-state index in [2.05, 4.69) is 4.72 Å². The monoisotopic (exact) mass is 394 g/mol. The molecule has 3 rings (SSSR count). The molecule has 0 bridgehead atoms. The summed E-state index contributed by atoms with van der Waals surface area (Å²) in [5, 5.41) is 0.590. The molecule has 26 heavy (non-hydrogen) atoms. The number of hydrogen-bond acceptors (Lipinski definition) is 4. The molecule has 1 aliphatic heterocycles. The molecule has 1 saturated heterocycles. The van der Waals surface area contributed by atoms with E-state index in [9.17, 15) is 13.2 Å². The Morgan fingerprint density at radius 1 is 1.19 bits per heavy atom. The van der Waals surface area contributed by atoms with E-state index >= 15 is 0 Å². The molecule has 0 aliphatic carbocycles. The Balaban J connectivity index is 1.85. The van der Waals surface area contributed by atoms with Gasteiger partial charge in [-0.25, -0.2) is 13.1 Å². The molecule has 0 unspecified atom stereocenters. The van der Waals surface area contributed by atoms with Crippen LogP contribution in [0, 0.1) is 0 Å². The molecule has 0 atom stereocenters. The number of anilines is 1. The number of benzene rings is 2. The van der Waals surface area contributed by atoms with Crippen molar-refractivity contribution < 1.29 is 17.9 Å². The molecular formula is C18H19ClN2O4S. The number of amides is 1. The van der Waals surface area contributed by atoms with Crippen LogP contribution in [0.3, 0.4) is 0 Å². The van der Waals surface area contributed by atoms with Crippen LogP contribution in [0.4, 0.5) is 5.69 Å². The van der Waals surface area contributed by atoms with Crippen LogP contribution in [0.1, 0.15) is 18.4 Å². The average molecular weight is 395 g/mol. The van der Waals surface area contributed by atoms with Crippen molar-refractivity contribution in [2.24, 2.45) is 0 Å². The van der Waals surface area contributed by atoms with E-state index in [1.165, 1.54) is 19.2 Å². The molecule has 0 radical (unpaired) electrons. The van der Waals surface area contributed by atoms with E-state index in [0.29, 0.717) is 29.4 Å². The summed E-state index contributed by atoms with van der Waals surface area (Å²) in [6.45, 7) is 0.695. The van der Waals surface area contributed by atoms with Crippen molar-refractivity contribution >= 4 is 33.2 Å². The standard InChI is InChI=1S/C18H19ClN2O4S/c1-25-17-9-8-15(11-16(17)21-10-2-3-18(21)22)26(23,24)20-12-13-4-6-14(19)7-5-13/h4-9,11,20H,2-3,10,12H2,1H3. The third-order valence-corrected chi connectivity index (χ3v) is 5.86. The molecule has 0 saturated carbocycles. The molecule has 6 nitrogen and oxygen atoms in total. The fraction of sp³-hybridized carbons (Fsp3) is 0.278. The number of nitrogens with zero attached hydrogens (tertiary/aromatic N) is 1. The van der Waals surface area contributed by atoms with E-state index < -0.39 is 10.0 Å². The quantitative estimate of drug-likeness (QED) is 0.817. The van der Waals surface area contributed by atoms with Gasteiger partial charge in [-0.1, -0.05) is 23.7 Å². The second kappa shape index (κ2) is 7.65. The molecule has 1 amide bonds. The fourth-order valence-electron chi connectivity index (χ4n) is 2.81. The van der Waals surface area contributed by atoms with Gasteiger partial charge in [0.05, 0.1) is 17.7 Å². The van der Waals surface area contributed by atoms with Gasteiger partial charge in [0, 0.05) is 24.5 Å². The van der Waals surface area contributed by atoms with Crippen LogP contribution in [0.2, 0.25) is 5.02 Å². The number of sulfonamides is 1. The second-order valence-corrected chi connectivity index (χ2v) is 8.14. The molecule has 138 valence electrons. The van der Waals surface area contributed by atoms with Gasteiger partial charge < -0.3 is 9.64 Å². The van der Waals surface area contributed by atoms with Crippen LogP contribution in [0.5, 0.6) is 5.75 Å². The summed E-state index contributed by atoms with van der Waals surface area (Å²) in [6.07, 6.45) is 1.20. The van der Waals surface area contributed by atoms with Crippen molar-refractivity contribution in [3.63, 3.8) is 0 Å². The molecule has 8 heteroatoms. The number of hydrogen-bond donors (Lipinski definition) is 1. The molecule has 1 N–H and O–H groups in total. The Morgan fingerprint density at radius 2 is 1.92 bits per heavy atom. The highest BCUT2D eigenvalue weighted by molar-refractivity contribution is 7.89. The van der Waals surface area contributed by atoms with Crippen molar-refractivity contribution in [2.45, 2.75) is 24.3 Å². The number of carbonyl (C=O) groups excluding carboxylic acids is 1. The van der Waals surface area contributed by atoms with E-state index in [4.69, 9.17) is 16.3 Å². The first-order valence-electron chi connectivity index (χ1n) is 8.13. The summed E-state index contributed by atoms with van der Waals surface area (Å²) < 4.78 is 33.1. The molecule has 0 aromatic heterocycles. The van der Waals surface area contributed by atoms with Crippen LogP contribution < -0.4 is 14.4 Å². The summed E-state index contributed by atoms with van der Waals surface area (Å²) in [5.74, 6) is 0.434. The maximum atomic E-state index is 12.6. The summed E-state index contributed by atoms with van der Waals surface area (Å²) in [7, 11) is -2.25. The molecular weight excluding hydrogens is 376 g/mol. The Kier molecular flexibility index (Phi) is 5.50. The van der Waals surface area contributed by atoms with E-state index in [1.807, 2.05) is 0 Å². The van der Waals surface area contributed by atoms with Gasteiger partial charge in [-0.15, -0.1) is 0 Å². The zero-order valence-corrected chi connectivity index (χ0v) is 15.8. The molecule has 2 aromatic rings. The van der Waals surface area contributed by atoms with Crippen LogP contribution in [0.25, 0.3) is 0 Å². The molecule has 2 aromatic carbocycles. The van der Waals surface area contributed by atoms with Gasteiger partial charge in [-0.05, 0) is 42.3 Å². The average Bonchev–Trinajstić information content (AvgIpc) is 3.06. The van der Waals surface area contributed by atoms with E-state index in [1.54, 1.807) is 35.2 Å². The van der Waals surface area contributed by atoms with Gasteiger partial charge in [-0.2, -0.15) is 0 Å². The SMILES string of the molecule is COc1ccc(S(=O)(=O)NCc2ccc(Cl)cc2)cc1N1CCCC1=O. The maximum absolute atomic E-state index is 12.6. The summed E-state index contributed by atoms with van der Waals surface area (Å²) in [5.41, 5.74) is 1.27. The zero-order valence-electron chi connectivity index (χ0n) is 14.2. The Morgan fingerprint density at radius 3 is 2.54 bits per heavy atom. The zero-order chi connectivity index (χ0) is 18.7. The lowest BCUT2D eigenvalue weighted by Gasteiger charge is -2.20. The van der Waals surface area contributed by atoms with Gasteiger partial charge in [0.2, 0.25) is 15.9 Å². The normalized spacial score (nSPS) is 14.7. The molecule has 1 heterocycles. The molecule has 0 spiro atoms. The first-order chi connectivity index (χ1) is 12.4. The first-order valence-corrected chi connectivity index (χ1v) is 9.99. The molecule has 1 aliphatic rings. The number of ether oxygens (including phenoxy) is 1. The number of nitrogens with one attached hydrogen (secondary N) is 1. The fourth-order valence-corrected chi connectivity index (χ4v) is 3.98. The lowest BCUT2D eigenvalue weighted by Crippen LogP contribution is -2.26. The van der Waals surface area contributed by atoms with Crippen molar-refractivity contribution in [3.8, 4) is 5.75 Å². The van der Waals surface area contributed by atoms with Crippen LogP contribution in [-0.2, 0) is 21.4 Å².